The molecule has 0 aliphatic carbocycles. The molecule has 0 fully saturated rings. The Labute approximate surface area is 91.5 Å². The van der Waals surface area contributed by atoms with E-state index in [0.29, 0.717) is 0 Å². The summed E-state index contributed by atoms with van der Waals surface area (Å²) in [5.74, 6) is 0. The zero-order valence-corrected chi connectivity index (χ0v) is 9.52. The first kappa shape index (κ1) is 8.81. The lowest BCUT2D eigenvalue weighted by Crippen LogP contribution is -1.91. The molecule has 2 rings (SSSR count). The maximum absolute atomic E-state index is 2.35. The van der Waals surface area contributed by atoms with Crippen molar-refractivity contribution in [2.45, 2.75) is 6.92 Å². The van der Waals surface area contributed by atoms with Crippen LogP contribution in [-0.4, -0.2) is 4.57 Å². The molecule has 1 aromatic carbocycles. The van der Waals surface area contributed by atoms with Crippen LogP contribution in [0.4, 0.5) is 0 Å². The van der Waals surface area contributed by atoms with E-state index >= 15 is 0 Å². The van der Waals surface area contributed by atoms with Gasteiger partial charge in [-0.1, -0.05) is 0 Å². The van der Waals surface area contributed by atoms with Crippen LogP contribution in [0.5, 0.6) is 0 Å². The Morgan fingerprint density at radius 1 is 1.15 bits per heavy atom. The highest BCUT2D eigenvalue weighted by molar-refractivity contribution is 14.1. The number of halogens is 1. The monoisotopic (exact) mass is 283 g/mol. The third-order valence-electron chi connectivity index (χ3n) is 2.04. The molecule has 1 nitrogen and oxygen atoms in total. The lowest BCUT2D eigenvalue weighted by atomic mass is 10.2. The molecule has 2 heteroatoms. The van der Waals surface area contributed by atoms with Gasteiger partial charge in [0.25, 0.3) is 0 Å². The van der Waals surface area contributed by atoms with Crippen molar-refractivity contribution in [1.82, 2.24) is 4.57 Å². The molecule has 13 heavy (non-hydrogen) atoms. The van der Waals surface area contributed by atoms with Crippen molar-refractivity contribution in [2.24, 2.45) is 0 Å². The van der Waals surface area contributed by atoms with E-state index in [1.54, 1.807) is 0 Å². The SMILES string of the molecule is Cc1cc(-n2cccc2)ccc1I. The number of nitrogens with zero attached hydrogens (tertiary/aromatic N) is 1. The van der Waals surface area contributed by atoms with E-state index in [-0.39, 0.29) is 0 Å². The maximum Gasteiger partial charge on any atom is 0.0452 e. The maximum atomic E-state index is 2.35. The highest BCUT2D eigenvalue weighted by Crippen LogP contribution is 2.16. The first-order valence-corrected chi connectivity index (χ1v) is 5.25. The molecular formula is C11H10IN. The Kier molecular flexibility index (Phi) is 2.40. The molecule has 0 aliphatic rings. The number of hydrogen-bond acceptors (Lipinski definition) is 0. The van der Waals surface area contributed by atoms with Crippen molar-refractivity contribution >= 4 is 22.6 Å². The van der Waals surface area contributed by atoms with Gasteiger partial charge >= 0.3 is 0 Å². The predicted molar refractivity (Wildman–Crippen MR) is 63.2 cm³/mol. The minimum atomic E-state index is 1.22. The molecule has 0 N–H and O–H groups in total. The fraction of sp³-hybridized carbons (Fsp3) is 0.0909. The Bertz CT molecular complexity index is 404. The van der Waals surface area contributed by atoms with E-state index in [9.17, 15) is 0 Å². The van der Waals surface area contributed by atoms with Gasteiger partial charge in [-0.3, -0.25) is 0 Å². The van der Waals surface area contributed by atoms with Crippen LogP contribution in [0.2, 0.25) is 0 Å². The smallest absolute Gasteiger partial charge is 0.0452 e. The van der Waals surface area contributed by atoms with Gasteiger partial charge in [0, 0.05) is 21.7 Å². The van der Waals surface area contributed by atoms with Crippen LogP contribution in [0.15, 0.2) is 42.7 Å². The number of aromatic nitrogens is 1. The van der Waals surface area contributed by atoms with Gasteiger partial charge in [-0.2, -0.15) is 0 Å². The summed E-state index contributed by atoms with van der Waals surface area (Å²) in [4.78, 5) is 0. The average molecular weight is 283 g/mol. The molecule has 0 radical (unpaired) electrons. The highest BCUT2D eigenvalue weighted by atomic mass is 127. The number of rotatable bonds is 1. The molecule has 0 unspecified atom stereocenters. The minimum Gasteiger partial charge on any atom is -0.324 e. The minimum absolute atomic E-state index is 1.22. The first-order chi connectivity index (χ1) is 6.27. The average Bonchev–Trinajstić information content (AvgIpc) is 2.62. The van der Waals surface area contributed by atoms with Crippen LogP contribution in [0, 0.1) is 10.5 Å². The van der Waals surface area contributed by atoms with Gasteiger partial charge in [0.15, 0.2) is 0 Å². The quantitative estimate of drug-likeness (QED) is 0.707. The topological polar surface area (TPSA) is 4.93 Å². The molecule has 0 saturated heterocycles. The standard InChI is InChI=1S/C11H10IN/c1-9-8-10(4-5-11(9)12)13-6-2-3-7-13/h2-8H,1H3. The summed E-state index contributed by atoms with van der Waals surface area (Å²) in [7, 11) is 0. The Balaban J connectivity index is 2.49. The van der Waals surface area contributed by atoms with Crippen LogP contribution in [0.25, 0.3) is 5.69 Å². The lowest BCUT2D eigenvalue weighted by Gasteiger charge is -2.04. The normalized spacial score (nSPS) is 10.3. The Morgan fingerprint density at radius 2 is 1.85 bits per heavy atom. The number of benzene rings is 1. The molecule has 1 aromatic heterocycles. The second kappa shape index (κ2) is 3.54. The van der Waals surface area contributed by atoms with Gasteiger partial charge in [-0.05, 0) is 65.4 Å². The van der Waals surface area contributed by atoms with E-state index in [1.165, 1.54) is 14.8 Å². The van der Waals surface area contributed by atoms with Crippen molar-refractivity contribution in [3.63, 3.8) is 0 Å². The van der Waals surface area contributed by atoms with E-state index < -0.39 is 0 Å². The van der Waals surface area contributed by atoms with E-state index in [1.807, 2.05) is 12.1 Å². The molecule has 0 aliphatic heterocycles. The summed E-state index contributed by atoms with van der Waals surface area (Å²) in [6.45, 7) is 2.13. The van der Waals surface area contributed by atoms with Gasteiger partial charge in [-0.25, -0.2) is 0 Å². The number of hydrogen-bond donors (Lipinski definition) is 0. The summed E-state index contributed by atoms with van der Waals surface area (Å²) in [5.41, 5.74) is 2.55. The predicted octanol–water partition coefficient (Wildman–Crippen LogP) is 3.39. The van der Waals surface area contributed by atoms with Crippen molar-refractivity contribution < 1.29 is 0 Å². The fourth-order valence-corrected chi connectivity index (χ4v) is 1.63. The fourth-order valence-electron chi connectivity index (χ4n) is 1.30. The highest BCUT2D eigenvalue weighted by Gasteiger charge is 1.97. The molecule has 66 valence electrons. The molecule has 0 saturated carbocycles. The molecule has 0 bridgehead atoms. The van der Waals surface area contributed by atoms with Crippen molar-refractivity contribution in [2.75, 3.05) is 0 Å². The summed E-state index contributed by atoms with van der Waals surface area (Å²) in [6.07, 6.45) is 4.11. The second-order valence-electron chi connectivity index (χ2n) is 3.02. The van der Waals surface area contributed by atoms with Crippen molar-refractivity contribution in [3.05, 3.63) is 51.9 Å². The lowest BCUT2D eigenvalue weighted by molar-refractivity contribution is 1.07. The van der Waals surface area contributed by atoms with Gasteiger partial charge in [0.1, 0.15) is 0 Å². The zero-order valence-electron chi connectivity index (χ0n) is 7.37. The molecule has 0 spiro atoms. The summed E-state index contributed by atoms with van der Waals surface area (Å²) in [6, 6.07) is 10.5. The Morgan fingerprint density at radius 3 is 2.46 bits per heavy atom. The van der Waals surface area contributed by atoms with Crippen molar-refractivity contribution in [1.29, 1.82) is 0 Å². The molecule has 0 amide bonds. The Hall–Kier alpha value is -0.770. The molecule has 1 heterocycles. The van der Waals surface area contributed by atoms with Crippen LogP contribution >= 0.6 is 22.6 Å². The molecule has 2 aromatic rings. The van der Waals surface area contributed by atoms with E-state index in [4.69, 9.17) is 0 Å². The van der Waals surface area contributed by atoms with Crippen LogP contribution < -0.4 is 0 Å². The molecular weight excluding hydrogens is 273 g/mol. The summed E-state index contributed by atoms with van der Waals surface area (Å²) >= 11 is 2.35. The van der Waals surface area contributed by atoms with E-state index in [2.05, 4.69) is 64.7 Å². The summed E-state index contributed by atoms with van der Waals surface area (Å²) in [5, 5.41) is 0. The van der Waals surface area contributed by atoms with Crippen LogP contribution in [0.3, 0.4) is 0 Å². The second-order valence-corrected chi connectivity index (χ2v) is 4.19. The number of aryl methyl sites for hydroxylation is 1. The van der Waals surface area contributed by atoms with Crippen LogP contribution in [0.1, 0.15) is 5.56 Å². The van der Waals surface area contributed by atoms with Crippen molar-refractivity contribution in [3.8, 4) is 5.69 Å². The third-order valence-corrected chi connectivity index (χ3v) is 3.25. The largest absolute Gasteiger partial charge is 0.324 e. The van der Waals surface area contributed by atoms with Gasteiger partial charge in [-0.15, -0.1) is 0 Å². The molecule has 0 atom stereocenters. The van der Waals surface area contributed by atoms with Gasteiger partial charge < -0.3 is 4.57 Å². The first-order valence-electron chi connectivity index (χ1n) is 4.17. The van der Waals surface area contributed by atoms with Crippen LogP contribution in [-0.2, 0) is 0 Å². The third kappa shape index (κ3) is 1.77. The zero-order chi connectivity index (χ0) is 9.26. The van der Waals surface area contributed by atoms with Gasteiger partial charge in [0.05, 0.1) is 0 Å². The van der Waals surface area contributed by atoms with Gasteiger partial charge in [0.2, 0.25) is 0 Å². The van der Waals surface area contributed by atoms with E-state index in [0.717, 1.165) is 0 Å². The summed E-state index contributed by atoms with van der Waals surface area (Å²) < 4.78 is 3.43.